The van der Waals surface area contributed by atoms with Gasteiger partial charge in [-0.1, -0.05) is 6.07 Å². The molecule has 8 heteroatoms. The molecular weight excluding hydrogens is 397 g/mol. The number of nitrogens with one attached hydrogen (secondary N) is 1. The summed E-state index contributed by atoms with van der Waals surface area (Å²) in [6.07, 6.45) is 5.91. The second-order valence-corrected chi connectivity index (χ2v) is 8.31. The minimum atomic E-state index is -0.711. The summed E-state index contributed by atoms with van der Waals surface area (Å²) in [7, 11) is 0. The van der Waals surface area contributed by atoms with Crippen molar-refractivity contribution in [2.75, 3.05) is 17.7 Å². The Kier molecular flexibility index (Phi) is 4.54. The molecule has 3 aromatic rings. The molecule has 0 bridgehead atoms. The van der Waals surface area contributed by atoms with Gasteiger partial charge in [-0.05, 0) is 38.3 Å². The molecule has 3 atom stereocenters. The highest BCUT2D eigenvalue weighted by Gasteiger charge is 2.32. The number of rotatable bonds is 3. The molecule has 0 saturated heterocycles. The van der Waals surface area contributed by atoms with E-state index in [9.17, 15) is 10.1 Å². The van der Waals surface area contributed by atoms with E-state index in [1.807, 2.05) is 31.2 Å². The van der Waals surface area contributed by atoms with Gasteiger partial charge in [0.15, 0.2) is 11.6 Å². The van der Waals surface area contributed by atoms with Crippen molar-refractivity contribution in [3.8, 4) is 11.8 Å². The van der Waals surface area contributed by atoms with Crippen molar-refractivity contribution in [1.29, 1.82) is 5.26 Å². The Bertz CT molecular complexity index is 1280. The lowest BCUT2D eigenvalue weighted by molar-refractivity contribution is 0.247. The van der Waals surface area contributed by atoms with Crippen LogP contribution in [-0.2, 0) is 0 Å². The number of nitriles is 1. The van der Waals surface area contributed by atoms with Crippen molar-refractivity contribution in [2.24, 2.45) is 0 Å². The summed E-state index contributed by atoms with van der Waals surface area (Å²) in [5.74, 6) is -0.131. The average molecular weight is 419 g/mol. The highest BCUT2D eigenvalue weighted by atomic mass is 19.1. The summed E-state index contributed by atoms with van der Waals surface area (Å²) >= 11 is 0. The average Bonchev–Trinajstić information content (AvgIpc) is 3.25. The first-order chi connectivity index (χ1) is 15.0. The van der Waals surface area contributed by atoms with Crippen molar-refractivity contribution >= 4 is 22.3 Å². The Morgan fingerprint density at radius 2 is 2.23 bits per heavy atom. The fraction of sp³-hybridized carbons (Fsp3) is 0.348. The van der Waals surface area contributed by atoms with Crippen LogP contribution in [0.3, 0.4) is 0 Å². The first kappa shape index (κ1) is 19.4. The van der Waals surface area contributed by atoms with E-state index in [1.54, 1.807) is 10.8 Å². The normalized spacial score (nSPS) is 22.2. The van der Waals surface area contributed by atoms with Gasteiger partial charge in [-0.25, -0.2) is 4.39 Å². The number of anilines is 2. The van der Waals surface area contributed by atoms with Crippen molar-refractivity contribution in [2.45, 2.75) is 44.2 Å². The predicted molar refractivity (Wildman–Crippen MR) is 116 cm³/mol. The number of nitrogens with zero attached hydrogens (tertiary/aromatic N) is 3. The van der Waals surface area contributed by atoms with E-state index >= 15 is 4.39 Å². The van der Waals surface area contributed by atoms with Crippen LogP contribution in [0.2, 0.25) is 0 Å². The molecule has 1 aliphatic heterocycles. The summed E-state index contributed by atoms with van der Waals surface area (Å²) in [6.45, 7) is 2.21. The molecule has 31 heavy (non-hydrogen) atoms. The Balaban J connectivity index is 1.59. The fourth-order valence-electron chi connectivity index (χ4n) is 4.76. The largest absolute Gasteiger partial charge is 0.487 e. The van der Waals surface area contributed by atoms with E-state index in [1.165, 1.54) is 6.20 Å². The van der Waals surface area contributed by atoms with E-state index in [0.29, 0.717) is 18.0 Å². The zero-order chi connectivity index (χ0) is 21.7. The van der Waals surface area contributed by atoms with Gasteiger partial charge in [0.1, 0.15) is 23.9 Å². The van der Waals surface area contributed by atoms with Crippen molar-refractivity contribution < 1.29 is 9.13 Å². The predicted octanol–water partition coefficient (Wildman–Crippen LogP) is 3.69. The number of nitrogens with two attached hydrogens (primary N) is 1. The molecule has 5 rings (SSSR count). The topological polar surface area (TPSA) is 106 Å². The fourth-order valence-corrected chi connectivity index (χ4v) is 4.76. The zero-order valence-electron chi connectivity index (χ0n) is 17.1. The van der Waals surface area contributed by atoms with Crippen LogP contribution in [0.4, 0.5) is 15.8 Å². The lowest BCUT2D eigenvalue weighted by Gasteiger charge is -2.30. The summed E-state index contributed by atoms with van der Waals surface area (Å²) in [6, 6.07) is 7.67. The first-order valence-electron chi connectivity index (χ1n) is 10.4. The zero-order valence-corrected chi connectivity index (χ0v) is 17.1. The summed E-state index contributed by atoms with van der Waals surface area (Å²) < 4.78 is 23.1. The van der Waals surface area contributed by atoms with Crippen LogP contribution in [0, 0.1) is 17.1 Å². The van der Waals surface area contributed by atoms with E-state index in [2.05, 4.69) is 10.3 Å². The molecule has 2 aliphatic rings. The Hall–Kier alpha value is -3.60. The quantitative estimate of drug-likeness (QED) is 0.627. The third-order valence-corrected chi connectivity index (χ3v) is 6.35. The number of aromatic nitrogens is 2. The molecule has 3 heterocycles. The van der Waals surface area contributed by atoms with Crippen molar-refractivity contribution in [3.05, 3.63) is 57.9 Å². The van der Waals surface area contributed by atoms with Crippen LogP contribution in [0.1, 0.15) is 49.4 Å². The molecular formula is C23H22FN5O2. The molecule has 3 N–H and O–H groups in total. The Morgan fingerprint density at radius 1 is 1.39 bits per heavy atom. The van der Waals surface area contributed by atoms with Crippen molar-refractivity contribution in [3.63, 3.8) is 0 Å². The molecule has 0 radical (unpaired) electrons. The standard InChI is InChI=1S/C23H22FN5O2/c1-12-11-31-23-20(28-15-6-5-13(8-15)16-4-2-3-7-27-16)18(24)19(26)17-21(23)29(12)10-14(9-25)22(17)30/h2-4,7,10,12-13,15,28H,5-6,8,11,26H2,1H3/t12-,13+,15+/m0/s1. The van der Waals surface area contributed by atoms with Crippen LogP contribution in [-0.4, -0.2) is 22.2 Å². The van der Waals surface area contributed by atoms with E-state index in [-0.39, 0.29) is 40.2 Å². The molecule has 0 unspecified atom stereocenters. The second kappa shape index (κ2) is 7.27. The second-order valence-electron chi connectivity index (χ2n) is 8.31. The summed E-state index contributed by atoms with van der Waals surface area (Å²) in [4.78, 5) is 17.2. The monoisotopic (exact) mass is 419 g/mol. The molecule has 1 aliphatic carbocycles. The van der Waals surface area contributed by atoms with Crippen molar-refractivity contribution in [1.82, 2.24) is 9.55 Å². The van der Waals surface area contributed by atoms with E-state index < -0.39 is 11.2 Å². The maximum absolute atomic E-state index is 15.4. The maximum Gasteiger partial charge on any atom is 0.209 e. The number of nitrogen functional groups attached to an aromatic ring is 1. The first-order valence-corrected chi connectivity index (χ1v) is 10.4. The van der Waals surface area contributed by atoms with Crippen LogP contribution in [0.25, 0.3) is 10.9 Å². The minimum absolute atomic E-state index is 0.00133. The highest BCUT2D eigenvalue weighted by Crippen LogP contribution is 2.45. The smallest absolute Gasteiger partial charge is 0.209 e. The van der Waals surface area contributed by atoms with Gasteiger partial charge in [-0.2, -0.15) is 5.26 Å². The third kappa shape index (κ3) is 3.00. The van der Waals surface area contributed by atoms with Gasteiger partial charge in [0.05, 0.1) is 22.6 Å². The lowest BCUT2D eigenvalue weighted by atomic mass is 10.0. The Labute approximate surface area is 178 Å². The minimum Gasteiger partial charge on any atom is -0.487 e. The van der Waals surface area contributed by atoms with Gasteiger partial charge < -0.3 is 20.4 Å². The molecule has 0 amide bonds. The lowest BCUT2D eigenvalue weighted by Crippen LogP contribution is -2.27. The molecule has 1 aromatic carbocycles. The molecule has 1 saturated carbocycles. The van der Waals surface area contributed by atoms with Crippen LogP contribution >= 0.6 is 0 Å². The molecule has 2 aromatic heterocycles. The van der Waals surface area contributed by atoms with Crippen LogP contribution < -0.4 is 21.2 Å². The SMILES string of the molecule is C[C@H]1COc2c(N[C@@H]3CC[C@@H](c4ccccn4)C3)c(F)c(N)c3c(=O)c(C#N)cn1c23. The Morgan fingerprint density at radius 3 is 2.97 bits per heavy atom. The van der Waals surface area contributed by atoms with Gasteiger partial charge in [-0.15, -0.1) is 0 Å². The third-order valence-electron chi connectivity index (χ3n) is 6.35. The molecule has 158 valence electrons. The highest BCUT2D eigenvalue weighted by molar-refractivity contribution is 6.00. The van der Waals surface area contributed by atoms with Gasteiger partial charge in [-0.3, -0.25) is 9.78 Å². The van der Waals surface area contributed by atoms with Gasteiger partial charge in [0, 0.05) is 30.0 Å². The number of ether oxygens (including phenoxy) is 1. The van der Waals surface area contributed by atoms with Gasteiger partial charge >= 0.3 is 0 Å². The molecule has 0 spiro atoms. The van der Waals surface area contributed by atoms with Crippen LogP contribution in [0.5, 0.6) is 5.75 Å². The van der Waals surface area contributed by atoms with E-state index in [4.69, 9.17) is 10.5 Å². The summed E-state index contributed by atoms with van der Waals surface area (Å²) in [5, 5.41) is 12.6. The molecule has 1 fully saturated rings. The number of halogens is 1. The van der Waals surface area contributed by atoms with Crippen LogP contribution in [0.15, 0.2) is 35.4 Å². The number of pyridine rings is 2. The number of hydrogen-bond acceptors (Lipinski definition) is 6. The summed E-state index contributed by atoms with van der Waals surface area (Å²) in [5.41, 5.74) is 6.85. The van der Waals surface area contributed by atoms with E-state index in [0.717, 1.165) is 25.0 Å². The van der Waals surface area contributed by atoms with Gasteiger partial charge in [0.25, 0.3) is 0 Å². The molecule has 7 nitrogen and oxygen atoms in total. The maximum atomic E-state index is 15.4. The van der Waals surface area contributed by atoms with Gasteiger partial charge in [0.2, 0.25) is 5.43 Å². The number of benzene rings is 1. The number of hydrogen-bond donors (Lipinski definition) is 2.